The molecule has 1 aromatic heterocycles. The van der Waals surface area contributed by atoms with Crippen LogP contribution in [0.25, 0.3) is 22.4 Å². The molecular weight excluding hydrogens is 424 g/mol. The first-order chi connectivity index (χ1) is 16.2. The summed E-state index contributed by atoms with van der Waals surface area (Å²) in [7, 11) is 0. The largest absolute Gasteiger partial charge is 0.298 e. The van der Waals surface area contributed by atoms with E-state index in [1.165, 1.54) is 40.0 Å². The van der Waals surface area contributed by atoms with Crippen LogP contribution in [0.5, 0.6) is 0 Å². The van der Waals surface area contributed by atoms with Crippen LogP contribution < -0.4 is 5.32 Å². The van der Waals surface area contributed by atoms with Crippen LogP contribution in [-0.2, 0) is 19.3 Å². The van der Waals surface area contributed by atoms with Gasteiger partial charge in [0, 0.05) is 16.0 Å². The SMILES string of the molecule is CCCc1sc(NC(=O)c2ccc3c(c2)CCCC3)nc1-c1ccc(-c2ccccc2)cc1. The molecule has 1 amide bonds. The van der Waals surface area contributed by atoms with Gasteiger partial charge >= 0.3 is 0 Å². The number of benzene rings is 3. The highest BCUT2D eigenvalue weighted by atomic mass is 32.1. The number of anilines is 1. The second-order valence-corrected chi connectivity index (χ2v) is 9.71. The maximum absolute atomic E-state index is 13.0. The predicted octanol–water partition coefficient (Wildman–Crippen LogP) is 7.56. The topological polar surface area (TPSA) is 42.0 Å². The molecule has 0 saturated carbocycles. The van der Waals surface area contributed by atoms with Gasteiger partial charge in [-0.25, -0.2) is 4.98 Å². The number of fused-ring (bicyclic) bond motifs is 1. The molecule has 0 saturated heterocycles. The summed E-state index contributed by atoms with van der Waals surface area (Å²) in [6.07, 6.45) is 6.62. The van der Waals surface area contributed by atoms with Gasteiger partial charge in [-0.05, 0) is 66.5 Å². The van der Waals surface area contributed by atoms with Gasteiger partial charge in [0.15, 0.2) is 5.13 Å². The molecule has 0 aliphatic heterocycles. The highest BCUT2D eigenvalue weighted by molar-refractivity contribution is 7.16. The van der Waals surface area contributed by atoms with Gasteiger partial charge in [0.1, 0.15) is 0 Å². The van der Waals surface area contributed by atoms with E-state index in [1.54, 1.807) is 11.3 Å². The van der Waals surface area contributed by atoms with Crippen molar-refractivity contribution >= 4 is 22.4 Å². The van der Waals surface area contributed by atoms with E-state index >= 15 is 0 Å². The summed E-state index contributed by atoms with van der Waals surface area (Å²) < 4.78 is 0. The fourth-order valence-corrected chi connectivity index (χ4v) is 5.60. The predicted molar refractivity (Wildman–Crippen MR) is 138 cm³/mol. The number of carbonyl (C=O) groups is 1. The lowest BCUT2D eigenvalue weighted by atomic mass is 9.90. The first-order valence-electron chi connectivity index (χ1n) is 11.8. The molecule has 33 heavy (non-hydrogen) atoms. The Labute approximate surface area is 199 Å². The molecule has 1 aliphatic carbocycles. The Hall–Kier alpha value is -3.24. The summed E-state index contributed by atoms with van der Waals surface area (Å²) in [5, 5.41) is 3.73. The van der Waals surface area contributed by atoms with Crippen LogP contribution in [0, 0.1) is 0 Å². The van der Waals surface area contributed by atoms with Gasteiger partial charge in [0.05, 0.1) is 5.69 Å². The molecule has 0 spiro atoms. The van der Waals surface area contributed by atoms with Crippen LogP contribution in [-0.4, -0.2) is 10.9 Å². The monoisotopic (exact) mass is 452 g/mol. The molecule has 4 aromatic rings. The van der Waals surface area contributed by atoms with E-state index in [2.05, 4.69) is 72.9 Å². The first-order valence-corrected chi connectivity index (χ1v) is 12.6. The third-order valence-corrected chi connectivity index (χ3v) is 7.30. The molecule has 0 fully saturated rings. The Bertz CT molecular complexity index is 1260. The number of nitrogens with zero attached hydrogens (tertiary/aromatic N) is 1. The summed E-state index contributed by atoms with van der Waals surface area (Å²) in [4.78, 5) is 19.0. The number of aryl methyl sites for hydroxylation is 3. The van der Waals surface area contributed by atoms with Crippen molar-refractivity contribution in [1.82, 2.24) is 4.98 Å². The first kappa shape index (κ1) is 21.6. The molecule has 0 radical (unpaired) electrons. The number of rotatable bonds is 6. The maximum atomic E-state index is 13.0. The average Bonchev–Trinajstić information content (AvgIpc) is 3.26. The summed E-state index contributed by atoms with van der Waals surface area (Å²) in [5.41, 5.74) is 7.88. The van der Waals surface area contributed by atoms with Gasteiger partial charge < -0.3 is 0 Å². The zero-order valence-electron chi connectivity index (χ0n) is 18.9. The smallest absolute Gasteiger partial charge is 0.257 e. The average molecular weight is 453 g/mol. The zero-order chi connectivity index (χ0) is 22.6. The van der Waals surface area contributed by atoms with Crippen LogP contribution in [0.1, 0.15) is 52.5 Å². The normalized spacial score (nSPS) is 12.9. The van der Waals surface area contributed by atoms with Crippen LogP contribution in [0.4, 0.5) is 5.13 Å². The van der Waals surface area contributed by atoms with Gasteiger partial charge in [-0.3, -0.25) is 10.1 Å². The minimum Gasteiger partial charge on any atom is -0.298 e. The molecule has 3 aromatic carbocycles. The summed E-state index contributed by atoms with van der Waals surface area (Å²) >= 11 is 1.59. The molecule has 166 valence electrons. The van der Waals surface area contributed by atoms with E-state index in [-0.39, 0.29) is 5.91 Å². The van der Waals surface area contributed by atoms with Gasteiger partial charge in [0.25, 0.3) is 5.91 Å². The molecule has 0 unspecified atom stereocenters. The number of hydrogen-bond acceptors (Lipinski definition) is 3. The van der Waals surface area contributed by atoms with Crippen molar-refractivity contribution in [2.45, 2.75) is 45.4 Å². The van der Waals surface area contributed by atoms with Crippen molar-refractivity contribution in [2.24, 2.45) is 0 Å². The van der Waals surface area contributed by atoms with Crippen molar-refractivity contribution in [2.75, 3.05) is 5.32 Å². The molecule has 1 aliphatic rings. The highest BCUT2D eigenvalue weighted by Crippen LogP contribution is 2.34. The lowest BCUT2D eigenvalue weighted by molar-refractivity contribution is 0.102. The van der Waals surface area contributed by atoms with E-state index in [0.717, 1.165) is 42.5 Å². The number of thiazole rings is 1. The standard InChI is InChI=1S/C29H28N2OS/c1-2-8-26-27(23-16-13-22(14-17-23)20-9-4-3-5-10-20)30-29(33-26)31-28(32)25-18-15-21-11-6-7-12-24(21)19-25/h3-5,9-10,13-19H,2,6-8,11-12H2,1H3,(H,30,31,32). The summed E-state index contributed by atoms with van der Waals surface area (Å²) in [6, 6.07) is 25.1. The number of carbonyl (C=O) groups excluding carboxylic acids is 1. The second kappa shape index (κ2) is 9.72. The van der Waals surface area contributed by atoms with Gasteiger partial charge in [-0.15, -0.1) is 11.3 Å². The van der Waals surface area contributed by atoms with Crippen LogP contribution in [0.15, 0.2) is 72.8 Å². The van der Waals surface area contributed by atoms with Crippen molar-refractivity contribution in [1.29, 1.82) is 0 Å². The molecule has 5 rings (SSSR count). The third kappa shape index (κ3) is 4.76. The van der Waals surface area contributed by atoms with Crippen molar-refractivity contribution in [3.63, 3.8) is 0 Å². The molecular formula is C29H28N2OS. The highest BCUT2D eigenvalue weighted by Gasteiger charge is 2.17. The van der Waals surface area contributed by atoms with Crippen molar-refractivity contribution < 1.29 is 4.79 Å². The van der Waals surface area contributed by atoms with E-state index in [0.29, 0.717) is 5.13 Å². The minimum absolute atomic E-state index is 0.0776. The van der Waals surface area contributed by atoms with Gasteiger partial charge in [-0.2, -0.15) is 0 Å². The van der Waals surface area contributed by atoms with Crippen LogP contribution in [0.3, 0.4) is 0 Å². The van der Waals surface area contributed by atoms with Crippen molar-refractivity contribution in [3.05, 3.63) is 94.4 Å². The molecule has 0 bridgehead atoms. The second-order valence-electron chi connectivity index (χ2n) is 8.63. The number of nitrogens with one attached hydrogen (secondary N) is 1. The Morgan fingerprint density at radius 2 is 1.58 bits per heavy atom. The fourth-order valence-electron chi connectivity index (χ4n) is 4.52. The maximum Gasteiger partial charge on any atom is 0.257 e. The molecule has 4 heteroatoms. The Kier molecular flexibility index (Phi) is 6.36. The number of hydrogen-bond donors (Lipinski definition) is 1. The Morgan fingerprint density at radius 1 is 0.879 bits per heavy atom. The lowest BCUT2D eigenvalue weighted by Gasteiger charge is -2.16. The molecule has 1 N–H and O–H groups in total. The minimum atomic E-state index is -0.0776. The number of amides is 1. The van der Waals surface area contributed by atoms with E-state index in [1.807, 2.05) is 12.1 Å². The summed E-state index contributed by atoms with van der Waals surface area (Å²) in [5.74, 6) is -0.0776. The van der Waals surface area contributed by atoms with Crippen LogP contribution in [0.2, 0.25) is 0 Å². The lowest BCUT2D eigenvalue weighted by Crippen LogP contribution is -2.13. The summed E-state index contributed by atoms with van der Waals surface area (Å²) in [6.45, 7) is 2.17. The molecule has 1 heterocycles. The van der Waals surface area contributed by atoms with E-state index in [4.69, 9.17) is 4.98 Å². The third-order valence-electron chi connectivity index (χ3n) is 6.27. The quantitative estimate of drug-likeness (QED) is 0.328. The van der Waals surface area contributed by atoms with E-state index < -0.39 is 0 Å². The fraction of sp³-hybridized carbons (Fsp3) is 0.241. The molecule has 0 atom stereocenters. The number of aromatic nitrogens is 1. The molecule has 3 nitrogen and oxygen atoms in total. The van der Waals surface area contributed by atoms with Crippen LogP contribution >= 0.6 is 11.3 Å². The Balaban J connectivity index is 1.38. The zero-order valence-corrected chi connectivity index (χ0v) is 19.8. The van der Waals surface area contributed by atoms with Gasteiger partial charge in [0.2, 0.25) is 0 Å². The van der Waals surface area contributed by atoms with Gasteiger partial charge in [-0.1, -0.05) is 74.0 Å². The van der Waals surface area contributed by atoms with Crippen molar-refractivity contribution in [3.8, 4) is 22.4 Å². The Morgan fingerprint density at radius 3 is 2.33 bits per heavy atom. The van der Waals surface area contributed by atoms with E-state index in [9.17, 15) is 4.79 Å².